The van der Waals surface area contributed by atoms with Gasteiger partial charge in [-0.25, -0.2) is 4.98 Å². The Balaban J connectivity index is 1.29. The van der Waals surface area contributed by atoms with Gasteiger partial charge >= 0.3 is 0 Å². The van der Waals surface area contributed by atoms with Crippen LogP contribution in [-0.2, 0) is 17.6 Å². The van der Waals surface area contributed by atoms with Crippen LogP contribution >= 0.6 is 0 Å². The topological polar surface area (TPSA) is 92.8 Å². The number of fused-ring (bicyclic) bond motifs is 1. The molecule has 1 aliphatic rings. The smallest absolute Gasteiger partial charge is 0.261 e. The van der Waals surface area contributed by atoms with E-state index < -0.39 is 6.10 Å². The van der Waals surface area contributed by atoms with Crippen LogP contribution in [0.25, 0.3) is 11.4 Å². The first-order valence-corrected chi connectivity index (χ1v) is 8.13. The van der Waals surface area contributed by atoms with Gasteiger partial charge in [-0.05, 0) is 23.8 Å². The van der Waals surface area contributed by atoms with E-state index in [0.29, 0.717) is 25.2 Å². The Bertz CT molecular complexity index is 853. The molecule has 2 N–H and O–H groups in total. The van der Waals surface area contributed by atoms with Gasteiger partial charge in [-0.2, -0.15) is 5.10 Å². The van der Waals surface area contributed by atoms with Crippen LogP contribution in [0.15, 0.2) is 48.8 Å². The summed E-state index contributed by atoms with van der Waals surface area (Å²) in [5.41, 5.74) is 1.92. The third-order valence-electron chi connectivity index (χ3n) is 4.05. The van der Waals surface area contributed by atoms with E-state index in [4.69, 9.17) is 4.74 Å². The first-order valence-electron chi connectivity index (χ1n) is 8.13. The predicted octanol–water partition coefficient (Wildman–Crippen LogP) is 1.53. The number of hydrogen-bond acceptors (Lipinski definition) is 5. The van der Waals surface area contributed by atoms with Crippen molar-refractivity contribution in [1.82, 2.24) is 25.5 Å². The molecule has 25 heavy (non-hydrogen) atoms. The highest BCUT2D eigenvalue weighted by Crippen LogP contribution is 2.28. The number of nitrogens with zero attached hydrogens (tertiary/aromatic N) is 3. The van der Waals surface area contributed by atoms with Crippen molar-refractivity contribution in [2.24, 2.45) is 0 Å². The van der Waals surface area contributed by atoms with Crippen LogP contribution < -0.4 is 10.1 Å². The lowest BCUT2D eigenvalue weighted by Crippen LogP contribution is -2.38. The summed E-state index contributed by atoms with van der Waals surface area (Å²) in [4.78, 5) is 20.7. The summed E-state index contributed by atoms with van der Waals surface area (Å²) in [7, 11) is 0. The number of para-hydroxylation sites is 1. The number of aromatic nitrogens is 4. The van der Waals surface area contributed by atoms with Gasteiger partial charge in [-0.1, -0.05) is 18.2 Å². The molecule has 0 radical (unpaired) electrons. The minimum absolute atomic E-state index is 0.108. The highest BCUT2D eigenvalue weighted by atomic mass is 16.5. The Morgan fingerprint density at radius 1 is 1.28 bits per heavy atom. The van der Waals surface area contributed by atoms with Crippen LogP contribution in [0.1, 0.15) is 11.4 Å². The molecule has 0 saturated carbocycles. The Morgan fingerprint density at radius 3 is 3.04 bits per heavy atom. The SMILES string of the molecule is O=C(NCCc1nc(-c2cccnc2)n[nH]1)[C@@H]1Cc2ccccc2O1. The molecule has 0 aliphatic carbocycles. The molecule has 1 amide bonds. The second kappa shape index (κ2) is 6.72. The van der Waals surface area contributed by atoms with Crippen LogP contribution in [0.4, 0.5) is 0 Å². The second-order valence-corrected chi connectivity index (χ2v) is 5.81. The molecular weight excluding hydrogens is 318 g/mol. The van der Waals surface area contributed by atoms with E-state index in [-0.39, 0.29) is 5.91 Å². The van der Waals surface area contributed by atoms with Crippen molar-refractivity contribution in [2.75, 3.05) is 6.54 Å². The molecule has 1 aromatic carbocycles. The van der Waals surface area contributed by atoms with Gasteiger partial charge in [0.15, 0.2) is 11.9 Å². The van der Waals surface area contributed by atoms with Gasteiger partial charge in [0.1, 0.15) is 11.6 Å². The average Bonchev–Trinajstić information content (AvgIpc) is 3.29. The molecule has 7 nitrogen and oxygen atoms in total. The number of carbonyl (C=O) groups excluding carboxylic acids is 1. The van der Waals surface area contributed by atoms with Crippen LogP contribution in [-0.4, -0.2) is 38.7 Å². The number of ether oxygens (including phenoxy) is 1. The van der Waals surface area contributed by atoms with E-state index in [9.17, 15) is 4.79 Å². The Hall–Kier alpha value is -3.22. The maximum Gasteiger partial charge on any atom is 0.261 e. The molecule has 1 atom stereocenters. The third kappa shape index (κ3) is 3.35. The van der Waals surface area contributed by atoms with Crippen LogP contribution in [0, 0.1) is 0 Å². The van der Waals surface area contributed by atoms with Gasteiger partial charge in [-0.3, -0.25) is 14.9 Å². The van der Waals surface area contributed by atoms with E-state index in [2.05, 4.69) is 25.5 Å². The number of aromatic amines is 1. The number of hydrogen-bond donors (Lipinski definition) is 2. The maximum absolute atomic E-state index is 12.2. The molecule has 3 aromatic rings. The van der Waals surface area contributed by atoms with Crippen molar-refractivity contribution in [3.8, 4) is 17.1 Å². The third-order valence-corrected chi connectivity index (χ3v) is 4.05. The van der Waals surface area contributed by atoms with Crippen molar-refractivity contribution in [1.29, 1.82) is 0 Å². The quantitative estimate of drug-likeness (QED) is 0.737. The summed E-state index contributed by atoms with van der Waals surface area (Å²) >= 11 is 0. The Labute approximate surface area is 144 Å². The standard InChI is InChI=1S/C18H17N5O2/c24-18(15-10-12-4-1-2-6-14(12)25-15)20-9-7-16-21-17(23-22-16)13-5-3-8-19-11-13/h1-6,8,11,15H,7,9-10H2,(H,20,24)(H,21,22,23)/t15-/m0/s1. The summed E-state index contributed by atoms with van der Waals surface area (Å²) in [6.45, 7) is 0.469. The largest absolute Gasteiger partial charge is 0.480 e. The number of carbonyl (C=O) groups is 1. The van der Waals surface area contributed by atoms with Crippen molar-refractivity contribution in [3.63, 3.8) is 0 Å². The van der Waals surface area contributed by atoms with E-state index in [1.165, 1.54) is 0 Å². The second-order valence-electron chi connectivity index (χ2n) is 5.81. The zero-order valence-corrected chi connectivity index (χ0v) is 13.5. The van der Waals surface area contributed by atoms with Gasteiger partial charge in [0.2, 0.25) is 0 Å². The minimum atomic E-state index is -0.460. The molecule has 3 heterocycles. The van der Waals surface area contributed by atoms with E-state index in [1.54, 1.807) is 12.4 Å². The molecule has 0 unspecified atom stereocenters. The van der Waals surface area contributed by atoms with E-state index >= 15 is 0 Å². The number of amides is 1. The minimum Gasteiger partial charge on any atom is -0.480 e. The molecule has 1 aliphatic heterocycles. The van der Waals surface area contributed by atoms with E-state index in [1.807, 2.05) is 36.4 Å². The van der Waals surface area contributed by atoms with Gasteiger partial charge in [0, 0.05) is 37.3 Å². The first-order chi connectivity index (χ1) is 12.3. The molecular formula is C18H17N5O2. The fourth-order valence-electron chi connectivity index (χ4n) is 2.78. The van der Waals surface area contributed by atoms with Gasteiger partial charge < -0.3 is 10.1 Å². The molecule has 0 fully saturated rings. The van der Waals surface area contributed by atoms with Crippen molar-refractivity contribution in [2.45, 2.75) is 18.9 Å². The fraction of sp³-hybridized carbons (Fsp3) is 0.222. The molecule has 4 rings (SSSR count). The zero-order chi connectivity index (χ0) is 17.1. The predicted molar refractivity (Wildman–Crippen MR) is 90.9 cm³/mol. The summed E-state index contributed by atoms with van der Waals surface area (Å²) in [6, 6.07) is 11.5. The van der Waals surface area contributed by atoms with Crippen LogP contribution in [0.5, 0.6) is 5.75 Å². The van der Waals surface area contributed by atoms with Crippen LogP contribution in [0.3, 0.4) is 0 Å². The summed E-state index contributed by atoms with van der Waals surface area (Å²) in [6.07, 6.45) is 4.13. The lowest BCUT2D eigenvalue weighted by Gasteiger charge is -2.10. The first kappa shape index (κ1) is 15.3. The molecule has 0 saturated heterocycles. The molecule has 2 aromatic heterocycles. The number of H-pyrrole nitrogens is 1. The number of rotatable bonds is 5. The number of nitrogens with one attached hydrogen (secondary N) is 2. The molecule has 126 valence electrons. The highest BCUT2D eigenvalue weighted by molar-refractivity contribution is 5.82. The van der Waals surface area contributed by atoms with E-state index in [0.717, 1.165) is 22.7 Å². The number of pyridine rings is 1. The van der Waals surface area contributed by atoms with Crippen molar-refractivity contribution >= 4 is 5.91 Å². The lowest BCUT2D eigenvalue weighted by atomic mass is 10.1. The molecule has 0 spiro atoms. The summed E-state index contributed by atoms with van der Waals surface area (Å²) in [5.74, 6) is 2.00. The monoisotopic (exact) mass is 335 g/mol. The Morgan fingerprint density at radius 2 is 2.20 bits per heavy atom. The summed E-state index contributed by atoms with van der Waals surface area (Å²) in [5, 5.41) is 9.96. The van der Waals surface area contributed by atoms with Gasteiger partial charge in [0.05, 0.1) is 0 Å². The highest BCUT2D eigenvalue weighted by Gasteiger charge is 2.28. The maximum atomic E-state index is 12.2. The van der Waals surface area contributed by atoms with Gasteiger partial charge in [-0.15, -0.1) is 0 Å². The molecule has 0 bridgehead atoms. The van der Waals surface area contributed by atoms with Crippen molar-refractivity contribution < 1.29 is 9.53 Å². The fourth-order valence-corrected chi connectivity index (χ4v) is 2.78. The Kier molecular flexibility index (Phi) is 4.12. The van der Waals surface area contributed by atoms with Crippen molar-refractivity contribution in [3.05, 3.63) is 60.2 Å². The normalized spacial score (nSPS) is 15.4. The average molecular weight is 335 g/mol. The number of benzene rings is 1. The molecule has 7 heteroatoms. The zero-order valence-electron chi connectivity index (χ0n) is 13.5. The van der Waals surface area contributed by atoms with Gasteiger partial charge in [0.25, 0.3) is 5.91 Å². The lowest BCUT2D eigenvalue weighted by molar-refractivity contribution is -0.127. The van der Waals surface area contributed by atoms with Crippen LogP contribution in [0.2, 0.25) is 0 Å². The summed E-state index contributed by atoms with van der Waals surface area (Å²) < 4.78 is 5.68.